The Hall–Kier alpha value is -3.39. The van der Waals surface area contributed by atoms with Gasteiger partial charge in [0.25, 0.3) is 0 Å². The molecule has 0 aliphatic carbocycles. The number of aromatic nitrogens is 2. The summed E-state index contributed by atoms with van der Waals surface area (Å²) in [5.74, 6) is -0.381. The molecule has 0 saturated heterocycles. The standard InChI is InChI=1S/C22H27N5O3/c1-4-11-27(13-20(28)24-17-8-6-5-7-14(17)2)15(3)21(29)23-16-9-10-18-19(12-16)26-22(30)25-18/h5-10,12,15H,4,11,13H2,1-3H3,(H,23,29)(H,24,28)(H2,25,26,30). The van der Waals surface area contributed by atoms with Gasteiger partial charge in [-0.1, -0.05) is 25.1 Å². The summed E-state index contributed by atoms with van der Waals surface area (Å²) in [6.07, 6.45) is 0.811. The second kappa shape index (κ2) is 9.41. The number of imidazole rings is 1. The molecular weight excluding hydrogens is 382 g/mol. The highest BCUT2D eigenvalue weighted by atomic mass is 16.2. The number of para-hydroxylation sites is 1. The number of fused-ring (bicyclic) bond motifs is 1. The van der Waals surface area contributed by atoms with E-state index in [9.17, 15) is 14.4 Å². The molecule has 8 heteroatoms. The Morgan fingerprint density at radius 2 is 1.80 bits per heavy atom. The van der Waals surface area contributed by atoms with Gasteiger partial charge in [0, 0.05) is 11.4 Å². The summed E-state index contributed by atoms with van der Waals surface area (Å²) < 4.78 is 0. The molecule has 1 heterocycles. The molecule has 1 unspecified atom stereocenters. The van der Waals surface area contributed by atoms with E-state index < -0.39 is 6.04 Å². The van der Waals surface area contributed by atoms with Crippen LogP contribution in [-0.4, -0.2) is 45.8 Å². The predicted octanol–water partition coefficient (Wildman–Crippen LogP) is 2.84. The van der Waals surface area contributed by atoms with E-state index >= 15 is 0 Å². The number of nitrogens with zero attached hydrogens (tertiary/aromatic N) is 1. The van der Waals surface area contributed by atoms with Crippen LogP contribution >= 0.6 is 0 Å². The van der Waals surface area contributed by atoms with Crippen LogP contribution in [0.1, 0.15) is 25.8 Å². The highest BCUT2D eigenvalue weighted by Crippen LogP contribution is 2.16. The van der Waals surface area contributed by atoms with Gasteiger partial charge >= 0.3 is 5.69 Å². The Labute approximate surface area is 174 Å². The van der Waals surface area contributed by atoms with E-state index in [-0.39, 0.29) is 24.0 Å². The molecule has 3 rings (SSSR count). The minimum absolute atomic E-state index is 0.112. The molecule has 0 fully saturated rings. The first-order valence-corrected chi connectivity index (χ1v) is 10.00. The first kappa shape index (κ1) is 21.3. The molecule has 30 heavy (non-hydrogen) atoms. The highest BCUT2D eigenvalue weighted by Gasteiger charge is 2.23. The molecule has 158 valence electrons. The maximum Gasteiger partial charge on any atom is 0.323 e. The van der Waals surface area contributed by atoms with Crippen molar-refractivity contribution in [2.45, 2.75) is 33.2 Å². The fourth-order valence-corrected chi connectivity index (χ4v) is 3.31. The zero-order valence-corrected chi connectivity index (χ0v) is 17.4. The molecule has 0 bridgehead atoms. The van der Waals surface area contributed by atoms with Crippen molar-refractivity contribution in [3.8, 4) is 0 Å². The van der Waals surface area contributed by atoms with Gasteiger partial charge < -0.3 is 20.6 Å². The van der Waals surface area contributed by atoms with Gasteiger partial charge in [0.1, 0.15) is 0 Å². The molecule has 8 nitrogen and oxygen atoms in total. The van der Waals surface area contributed by atoms with Crippen LogP contribution in [0, 0.1) is 6.92 Å². The third kappa shape index (κ3) is 5.15. The van der Waals surface area contributed by atoms with Gasteiger partial charge in [-0.25, -0.2) is 4.79 Å². The smallest absolute Gasteiger partial charge is 0.323 e. The summed E-state index contributed by atoms with van der Waals surface area (Å²) >= 11 is 0. The normalized spacial score (nSPS) is 12.1. The van der Waals surface area contributed by atoms with E-state index in [1.54, 1.807) is 25.1 Å². The molecule has 0 saturated carbocycles. The molecule has 0 spiro atoms. The maximum atomic E-state index is 12.8. The van der Waals surface area contributed by atoms with Crippen LogP contribution in [0.2, 0.25) is 0 Å². The monoisotopic (exact) mass is 409 g/mol. The van der Waals surface area contributed by atoms with E-state index in [0.717, 1.165) is 17.7 Å². The third-order valence-corrected chi connectivity index (χ3v) is 4.99. The second-order valence-corrected chi connectivity index (χ2v) is 7.34. The zero-order valence-electron chi connectivity index (χ0n) is 17.4. The van der Waals surface area contributed by atoms with Crippen LogP contribution in [0.3, 0.4) is 0 Å². The molecule has 3 aromatic rings. The number of hydrogen-bond donors (Lipinski definition) is 4. The summed E-state index contributed by atoms with van der Waals surface area (Å²) in [5, 5.41) is 5.78. The fourth-order valence-electron chi connectivity index (χ4n) is 3.31. The average Bonchev–Trinajstić information content (AvgIpc) is 3.08. The van der Waals surface area contributed by atoms with E-state index in [4.69, 9.17) is 0 Å². The number of benzene rings is 2. The topological polar surface area (TPSA) is 110 Å². The Kier molecular flexibility index (Phi) is 6.68. The predicted molar refractivity (Wildman–Crippen MR) is 119 cm³/mol. The summed E-state index contributed by atoms with van der Waals surface area (Å²) in [6.45, 7) is 6.45. The molecule has 4 N–H and O–H groups in total. The van der Waals surface area contributed by atoms with Crippen LogP contribution < -0.4 is 16.3 Å². The summed E-state index contributed by atoms with van der Waals surface area (Å²) in [5.41, 5.74) is 3.33. The zero-order chi connectivity index (χ0) is 21.7. The number of carbonyl (C=O) groups excluding carboxylic acids is 2. The van der Waals surface area contributed by atoms with E-state index in [2.05, 4.69) is 20.6 Å². The van der Waals surface area contributed by atoms with Gasteiger partial charge in [0.15, 0.2) is 0 Å². The van der Waals surface area contributed by atoms with Gasteiger partial charge in [0.2, 0.25) is 11.8 Å². The SMILES string of the molecule is CCCN(CC(=O)Nc1ccccc1C)C(C)C(=O)Nc1ccc2[nH]c(=O)[nH]c2c1. The van der Waals surface area contributed by atoms with Crippen molar-refractivity contribution < 1.29 is 9.59 Å². The van der Waals surface area contributed by atoms with E-state index in [0.29, 0.717) is 23.3 Å². The number of rotatable bonds is 8. The van der Waals surface area contributed by atoms with Crippen LogP contribution in [0.25, 0.3) is 11.0 Å². The Bertz CT molecular complexity index is 1100. The first-order valence-electron chi connectivity index (χ1n) is 10.00. The van der Waals surface area contributed by atoms with Gasteiger partial charge in [-0.3, -0.25) is 14.5 Å². The highest BCUT2D eigenvalue weighted by molar-refractivity contribution is 5.97. The quantitative estimate of drug-likeness (QED) is 0.458. The lowest BCUT2D eigenvalue weighted by Crippen LogP contribution is -2.46. The third-order valence-electron chi connectivity index (χ3n) is 4.99. The van der Waals surface area contributed by atoms with Crippen LogP contribution in [0.15, 0.2) is 47.3 Å². The van der Waals surface area contributed by atoms with Crippen LogP contribution in [-0.2, 0) is 9.59 Å². The van der Waals surface area contributed by atoms with Crippen molar-refractivity contribution in [3.05, 3.63) is 58.5 Å². The summed E-state index contributed by atoms with van der Waals surface area (Å²) in [4.78, 5) is 44.0. The number of hydrogen-bond acceptors (Lipinski definition) is 4. The van der Waals surface area contributed by atoms with Gasteiger partial charge in [-0.15, -0.1) is 0 Å². The number of carbonyl (C=O) groups is 2. The number of amides is 2. The maximum absolute atomic E-state index is 12.8. The Balaban J connectivity index is 1.66. The van der Waals surface area contributed by atoms with Crippen LogP contribution in [0.5, 0.6) is 0 Å². The molecule has 1 atom stereocenters. The molecule has 1 aromatic heterocycles. The minimum atomic E-state index is -0.506. The van der Waals surface area contributed by atoms with Gasteiger partial charge in [0.05, 0.1) is 23.6 Å². The summed E-state index contributed by atoms with van der Waals surface area (Å²) in [7, 11) is 0. The van der Waals surface area contributed by atoms with Gasteiger partial charge in [-0.2, -0.15) is 0 Å². The number of aryl methyl sites for hydroxylation is 1. The first-order chi connectivity index (χ1) is 14.4. The fraction of sp³-hybridized carbons (Fsp3) is 0.318. The summed E-state index contributed by atoms with van der Waals surface area (Å²) in [6, 6.07) is 12.2. The number of anilines is 2. The molecular formula is C22H27N5O3. The van der Waals surface area contributed by atoms with Crippen molar-refractivity contribution in [1.29, 1.82) is 0 Å². The molecule has 2 amide bonds. The van der Waals surface area contributed by atoms with Crippen molar-refractivity contribution in [3.63, 3.8) is 0 Å². The second-order valence-electron chi connectivity index (χ2n) is 7.34. The molecule has 0 aliphatic heterocycles. The van der Waals surface area contributed by atoms with Gasteiger partial charge in [-0.05, 0) is 56.6 Å². The van der Waals surface area contributed by atoms with Crippen molar-refractivity contribution in [2.75, 3.05) is 23.7 Å². The van der Waals surface area contributed by atoms with Crippen molar-refractivity contribution in [2.24, 2.45) is 0 Å². The number of nitrogens with one attached hydrogen (secondary N) is 4. The van der Waals surface area contributed by atoms with Crippen molar-refractivity contribution in [1.82, 2.24) is 14.9 Å². The minimum Gasteiger partial charge on any atom is -0.325 e. The van der Waals surface area contributed by atoms with E-state index in [1.165, 1.54) is 0 Å². The number of aromatic amines is 2. The van der Waals surface area contributed by atoms with Crippen molar-refractivity contribution >= 4 is 34.2 Å². The molecule has 2 aromatic carbocycles. The average molecular weight is 409 g/mol. The lowest BCUT2D eigenvalue weighted by atomic mass is 10.2. The molecule has 0 radical (unpaired) electrons. The lowest BCUT2D eigenvalue weighted by molar-refractivity contribution is -0.123. The number of H-pyrrole nitrogens is 2. The lowest BCUT2D eigenvalue weighted by Gasteiger charge is -2.27. The largest absolute Gasteiger partial charge is 0.325 e. The molecule has 0 aliphatic rings. The Morgan fingerprint density at radius 3 is 2.53 bits per heavy atom. The Morgan fingerprint density at radius 1 is 1.07 bits per heavy atom. The van der Waals surface area contributed by atoms with Crippen LogP contribution in [0.4, 0.5) is 11.4 Å². The van der Waals surface area contributed by atoms with E-state index in [1.807, 2.05) is 43.0 Å².